The first-order valence-corrected chi connectivity index (χ1v) is 7.30. The Balaban J connectivity index is 1.60. The molecule has 19 heavy (non-hydrogen) atoms. The Morgan fingerprint density at radius 3 is 2.63 bits per heavy atom. The van der Waals surface area contributed by atoms with Crippen LogP contribution < -0.4 is 5.32 Å². The highest BCUT2D eigenvalue weighted by Gasteiger charge is 2.40. The van der Waals surface area contributed by atoms with E-state index in [0.717, 1.165) is 31.7 Å². The molecule has 2 saturated heterocycles. The number of nitrogens with one attached hydrogen (secondary N) is 1. The largest absolute Gasteiger partial charge is 0.342 e. The second-order valence-electron chi connectivity index (χ2n) is 5.98. The molecule has 0 bridgehead atoms. The lowest BCUT2D eigenvalue weighted by atomic mass is 9.78. The molecule has 2 heterocycles. The number of carbonyl (C=O) groups is 1. The topological polar surface area (TPSA) is 32.3 Å². The minimum atomic E-state index is 0.293. The Hall–Kier alpha value is -1.35. The first-order chi connectivity index (χ1) is 9.27. The van der Waals surface area contributed by atoms with Crippen LogP contribution in [0.15, 0.2) is 30.3 Å². The van der Waals surface area contributed by atoms with Gasteiger partial charge in [0.25, 0.3) is 0 Å². The molecule has 0 aromatic heterocycles. The van der Waals surface area contributed by atoms with Crippen LogP contribution in [-0.2, 0) is 11.2 Å². The number of nitrogens with zero attached hydrogens (tertiary/aromatic N) is 1. The van der Waals surface area contributed by atoms with E-state index in [1.165, 1.54) is 19.3 Å². The van der Waals surface area contributed by atoms with Crippen molar-refractivity contribution in [1.29, 1.82) is 0 Å². The van der Waals surface area contributed by atoms with Gasteiger partial charge in [0.2, 0.25) is 5.91 Å². The molecule has 2 aliphatic rings. The smallest absolute Gasteiger partial charge is 0.227 e. The fraction of sp³-hybridized carbons (Fsp3) is 0.562. The van der Waals surface area contributed by atoms with Crippen LogP contribution in [0.2, 0.25) is 0 Å². The van der Waals surface area contributed by atoms with Crippen LogP contribution in [0.3, 0.4) is 0 Å². The number of likely N-dealkylation sites (tertiary alicyclic amines) is 1. The Morgan fingerprint density at radius 1 is 1.16 bits per heavy atom. The molecule has 1 amide bonds. The zero-order valence-electron chi connectivity index (χ0n) is 11.4. The van der Waals surface area contributed by atoms with Gasteiger partial charge in [-0.15, -0.1) is 0 Å². The van der Waals surface area contributed by atoms with E-state index in [-0.39, 0.29) is 0 Å². The normalized spacial score (nSPS) is 21.8. The molecule has 3 nitrogen and oxygen atoms in total. The standard InChI is InChI=1S/C16H22N2O/c19-15(12-14-4-2-1-3-5-14)18-11-8-16(13-18)6-9-17-10-7-16/h1-5,17H,6-13H2. The summed E-state index contributed by atoms with van der Waals surface area (Å²) in [6, 6.07) is 10.1. The fourth-order valence-corrected chi connectivity index (χ4v) is 3.40. The van der Waals surface area contributed by atoms with Crippen molar-refractivity contribution in [1.82, 2.24) is 10.2 Å². The predicted molar refractivity (Wildman–Crippen MR) is 75.9 cm³/mol. The summed E-state index contributed by atoms with van der Waals surface area (Å²) in [5.74, 6) is 0.293. The van der Waals surface area contributed by atoms with E-state index in [0.29, 0.717) is 17.7 Å². The van der Waals surface area contributed by atoms with Crippen molar-refractivity contribution in [3.63, 3.8) is 0 Å². The Morgan fingerprint density at radius 2 is 1.89 bits per heavy atom. The van der Waals surface area contributed by atoms with Gasteiger partial charge in [-0.2, -0.15) is 0 Å². The highest BCUT2D eigenvalue weighted by atomic mass is 16.2. The SMILES string of the molecule is O=C(Cc1ccccc1)N1CCC2(CCNCC2)C1. The summed E-state index contributed by atoms with van der Waals surface area (Å²) in [7, 11) is 0. The van der Waals surface area contributed by atoms with E-state index in [1.807, 2.05) is 30.3 Å². The minimum absolute atomic E-state index is 0.293. The first kappa shape index (κ1) is 12.7. The molecular weight excluding hydrogens is 236 g/mol. The highest BCUT2D eigenvalue weighted by molar-refractivity contribution is 5.79. The summed E-state index contributed by atoms with van der Waals surface area (Å²) < 4.78 is 0. The lowest BCUT2D eigenvalue weighted by molar-refractivity contribution is -0.129. The lowest BCUT2D eigenvalue weighted by Gasteiger charge is -2.33. The summed E-state index contributed by atoms with van der Waals surface area (Å²) in [6.45, 7) is 4.15. The maximum Gasteiger partial charge on any atom is 0.227 e. The van der Waals surface area contributed by atoms with Gasteiger partial charge in [-0.05, 0) is 43.3 Å². The Labute approximate surface area is 115 Å². The lowest BCUT2D eigenvalue weighted by Crippen LogP contribution is -2.40. The van der Waals surface area contributed by atoms with Gasteiger partial charge in [0, 0.05) is 13.1 Å². The quantitative estimate of drug-likeness (QED) is 0.878. The molecule has 2 fully saturated rings. The molecular formula is C16H22N2O. The Kier molecular flexibility index (Phi) is 3.56. The van der Waals surface area contributed by atoms with Crippen LogP contribution in [-0.4, -0.2) is 37.0 Å². The van der Waals surface area contributed by atoms with E-state index < -0.39 is 0 Å². The molecule has 0 saturated carbocycles. The van der Waals surface area contributed by atoms with E-state index in [4.69, 9.17) is 0 Å². The first-order valence-electron chi connectivity index (χ1n) is 7.30. The zero-order valence-corrected chi connectivity index (χ0v) is 11.4. The number of carbonyl (C=O) groups excluding carboxylic acids is 1. The minimum Gasteiger partial charge on any atom is -0.342 e. The van der Waals surface area contributed by atoms with Gasteiger partial charge in [0.05, 0.1) is 6.42 Å². The number of hydrogen-bond donors (Lipinski definition) is 1. The van der Waals surface area contributed by atoms with Crippen molar-refractivity contribution in [2.75, 3.05) is 26.2 Å². The Bertz CT molecular complexity index is 437. The van der Waals surface area contributed by atoms with E-state index in [9.17, 15) is 4.79 Å². The summed E-state index contributed by atoms with van der Waals surface area (Å²) in [5.41, 5.74) is 1.54. The molecule has 1 N–H and O–H groups in total. The van der Waals surface area contributed by atoms with Crippen molar-refractivity contribution in [3.8, 4) is 0 Å². The number of amides is 1. The second-order valence-corrected chi connectivity index (χ2v) is 5.98. The van der Waals surface area contributed by atoms with Crippen molar-refractivity contribution in [2.45, 2.75) is 25.7 Å². The van der Waals surface area contributed by atoms with Crippen LogP contribution in [0.4, 0.5) is 0 Å². The fourth-order valence-electron chi connectivity index (χ4n) is 3.40. The van der Waals surface area contributed by atoms with Gasteiger partial charge in [-0.1, -0.05) is 30.3 Å². The van der Waals surface area contributed by atoms with Gasteiger partial charge in [0.15, 0.2) is 0 Å². The summed E-state index contributed by atoms with van der Waals surface area (Å²) >= 11 is 0. The van der Waals surface area contributed by atoms with Crippen LogP contribution in [0.5, 0.6) is 0 Å². The summed E-state index contributed by atoms with van der Waals surface area (Å²) in [5, 5.41) is 3.42. The molecule has 1 spiro atoms. The molecule has 0 aliphatic carbocycles. The van der Waals surface area contributed by atoms with Crippen molar-refractivity contribution in [3.05, 3.63) is 35.9 Å². The average Bonchev–Trinajstić information content (AvgIpc) is 2.85. The molecule has 0 radical (unpaired) electrons. The molecule has 0 atom stereocenters. The molecule has 1 aromatic carbocycles. The molecule has 0 unspecified atom stereocenters. The summed E-state index contributed by atoms with van der Waals surface area (Å²) in [4.78, 5) is 14.4. The molecule has 3 rings (SSSR count). The van der Waals surface area contributed by atoms with Gasteiger partial charge in [-0.25, -0.2) is 0 Å². The molecule has 2 aliphatic heterocycles. The average molecular weight is 258 g/mol. The number of piperidine rings is 1. The van der Waals surface area contributed by atoms with Gasteiger partial charge >= 0.3 is 0 Å². The molecule has 102 valence electrons. The second kappa shape index (κ2) is 5.33. The third kappa shape index (κ3) is 2.81. The third-order valence-electron chi connectivity index (χ3n) is 4.65. The number of benzene rings is 1. The van der Waals surface area contributed by atoms with Crippen molar-refractivity contribution >= 4 is 5.91 Å². The van der Waals surface area contributed by atoms with Crippen LogP contribution in [0.25, 0.3) is 0 Å². The van der Waals surface area contributed by atoms with Crippen LogP contribution in [0.1, 0.15) is 24.8 Å². The maximum absolute atomic E-state index is 12.4. The van der Waals surface area contributed by atoms with Gasteiger partial charge in [-0.3, -0.25) is 4.79 Å². The van der Waals surface area contributed by atoms with E-state index in [2.05, 4.69) is 10.2 Å². The highest BCUT2D eigenvalue weighted by Crippen LogP contribution is 2.38. The third-order valence-corrected chi connectivity index (χ3v) is 4.65. The van der Waals surface area contributed by atoms with E-state index >= 15 is 0 Å². The monoisotopic (exact) mass is 258 g/mol. The van der Waals surface area contributed by atoms with Crippen LogP contribution >= 0.6 is 0 Å². The summed E-state index contributed by atoms with van der Waals surface area (Å²) in [6.07, 6.45) is 4.19. The zero-order chi connectivity index (χ0) is 13.1. The van der Waals surface area contributed by atoms with Crippen LogP contribution in [0, 0.1) is 5.41 Å². The number of hydrogen-bond acceptors (Lipinski definition) is 2. The number of rotatable bonds is 2. The van der Waals surface area contributed by atoms with Crippen molar-refractivity contribution in [2.24, 2.45) is 5.41 Å². The molecule has 1 aromatic rings. The molecule has 3 heteroatoms. The van der Waals surface area contributed by atoms with Gasteiger partial charge < -0.3 is 10.2 Å². The predicted octanol–water partition coefficient (Wildman–Crippen LogP) is 1.83. The maximum atomic E-state index is 12.4. The van der Waals surface area contributed by atoms with Gasteiger partial charge in [0.1, 0.15) is 0 Å². The van der Waals surface area contributed by atoms with Crippen molar-refractivity contribution < 1.29 is 4.79 Å². The van der Waals surface area contributed by atoms with E-state index in [1.54, 1.807) is 0 Å².